The first-order chi connectivity index (χ1) is 10.4. The number of carbonyl (C=O) groups is 1. The number of rotatable bonds is 7. The molecule has 118 valence electrons. The van der Waals surface area contributed by atoms with E-state index >= 15 is 0 Å². The fraction of sp³-hybridized carbons (Fsp3) is 0.556. The summed E-state index contributed by atoms with van der Waals surface area (Å²) in [6.45, 7) is 6.82. The van der Waals surface area contributed by atoms with Crippen molar-refractivity contribution in [3.05, 3.63) is 35.9 Å². The van der Waals surface area contributed by atoms with Crippen LogP contribution in [0.2, 0.25) is 0 Å². The molecule has 0 heterocycles. The van der Waals surface area contributed by atoms with Gasteiger partial charge in [-0.3, -0.25) is 9.69 Å². The molecule has 4 heteroatoms. The highest BCUT2D eigenvalue weighted by Gasteiger charge is 2.33. The van der Waals surface area contributed by atoms with Gasteiger partial charge in [0.1, 0.15) is 5.54 Å². The Labute approximate surface area is 133 Å². The summed E-state index contributed by atoms with van der Waals surface area (Å²) in [4.78, 5) is 14.6. The van der Waals surface area contributed by atoms with Crippen LogP contribution in [0.15, 0.2) is 30.3 Å². The molecule has 22 heavy (non-hydrogen) atoms. The maximum absolute atomic E-state index is 12.4. The molecule has 1 saturated carbocycles. The highest BCUT2D eigenvalue weighted by atomic mass is 16.2. The zero-order valence-corrected chi connectivity index (χ0v) is 13.7. The quantitative estimate of drug-likeness (QED) is 0.842. The van der Waals surface area contributed by atoms with Gasteiger partial charge in [-0.05, 0) is 31.2 Å². The van der Waals surface area contributed by atoms with E-state index in [1.165, 1.54) is 5.56 Å². The summed E-state index contributed by atoms with van der Waals surface area (Å²) in [7, 11) is 0. The second kappa shape index (κ2) is 6.93. The van der Waals surface area contributed by atoms with Crippen LogP contribution in [0.4, 0.5) is 0 Å². The Bertz CT molecular complexity index is 545. The van der Waals surface area contributed by atoms with E-state index in [1.807, 2.05) is 32.0 Å². The first-order valence-electron chi connectivity index (χ1n) is 7.95. The number of amides is 1. The van der Waals surface area contributed by atoms with E-state index in [9.17, 15) is 10.1 Å². The van der Waals surface area contributed by atoms with E-state index in [-0.39, 0.29) is 11.8 Å². The van der Waals surface area contributed by atoms with Gasteiger partial charge in [-0.1, -0.05) is 44.2 Å². The largest absolute Gasteiger partial charge is 0.337 e. The van der Waals surface area contributed by atoms with Gasteiger partial charge in [0.2, 0.25) is 5.91 Å². The van der Waals surface area contributed by atoms with Crippen molar-refractivity contribution >= 4 is 5.91 Å². The molecule has 0 aromatic heterocycles. The summed E-state index contributed by atoms with van der Waals surface area (Å²) in [5.41, 5.74) is 0.410. The first kappa shape index (κ1) is 16.5. The molecule has 4 nitrogen and oxygen atoms in total. The topological polar surface area (TPSA) is 56.1 Å². The maximum Gasteiger partial charge on any atom is 0.235 e. The maximum atomic E-state index is 12.4. The van der Waals surface area contributed by atoms with Gasteiger partial charge in [0.05, 0.1) is 12.6 Å². The average molecular weight is 299 g/mol. The zero-order chi connectivity index (χ0) is 16.2. The normalized spacial score (nSPS) is 17.1. The number of nitriles is 1. The van der Waals surface area contributed by atoms with Crippen molar-refractivity contribution in [2.24, 2.45) is 5.92 Å². The van der Waals surface area contributed by atoms with Crippen molar-refractivity contribution < 1.29 is 4.79 Å². The molecule has 1 aromatic carbocycles. The van der Waals surface area contributed by atoms with Gasteiger partial charge in [0.25, 0.3) is 0 Å². The van der Waals surface area contributed by atoms with Crippen LogP contribution in [0.1, 0.15) is 39.2 Å². The fourth-order valence-corrected chi connectivity index (χ4v) is 2.39. The second-order valence-electron chi connectivity index (χ2n) is 6.64. The fourth-order valence-electron chi connectivity index (χ4n) is 2.39. The molecule has 0 bridgehead atoms. The molecule has 1 aliphatic rings. The van der Waals surface area contributed by atoms with E-state index in [0.717, 1.165) is 19.4 Å². The number of nitrogens with zero attached hydrogens (tertiary/aromatic N) is 2. The minimum Gasteiger partial charge on any atom is -0.337 e. The Hall–Kier alpha value is -1.86. The third-order valence-corrected chi connectivity index (χ3v) is 4.42. The molecule has 1 aromatic rings. The van der Waals surface area contributed by atoms with Crippen molar-refractivity contribution in [3.8, 4) is 6.07 Å². The van der Waals surface area contributed by atoms with Gasteiger partial charge in [0.15, 0.2) is 0 Å². The Kier molecular flexibility index (Phi) is 5.20. The molecule has 0 aliphatic heterocycles. The number of hydrogen-bond donors (Lipinski definition) is 1. The summed E-state index contributed by atoms with van der Waals surface area (Å²) in [6, 6.07) is 12.9. The molecular weight excluding hydrogens is 274 g/mol. The van der Waals surface area contributed by atoms with Crippen LogP contribution >= 0.6 is 0 Å². The van der Waals surface area contributed by atoms with Crippen LogP contribution < -0.4 is 5.32 Å². The molecule has 0 spiro atoms. The summed E-state index contributed by atoms with van der Waals surface area (Å²) < 4.78 is 0. The third kappa shape index (κ3) is 4.32. The third-order valence-electron chi connectivity index (χ3n) is 4.42. The molecular formula is C18H25N3O. The molecule has 1 N–H and O–H groups in total. The van der Waals surface area contributed by atoms with Gasteiger partial charge < -0.3 is 5.32 Å². The van der Waals surface area contributed by atoms with Gasteiger partial charge in [-0.25, -0.2) is 0 Å². The van der Waals surface area contributed by atoms with Crippen LogP contribution in [0.3, 0.4) is 0 Å². The Morgan fingerprint density at radius 1 is 1.41 bits per heavy atom. The van der Waals surface area contributed by atoms with Gasteiger partial charge in [0, 0.05) is 12.6 Å². The summed E-state index contributed by atoms with van der Waals surface area (Å²) in [5.74, 6) is 0.00512. The molecule has 1 atom stereocenters. The van der Waals surface area contributed by atoms with E-state index in [0.29, 0.717) is 12.6 Å². The lowest BCUT2D eigenvalue weighted by atomic mass is 9.90. The molecule has 0 radical (unpaired) electrons. The highest BCUT2D eigenvalue weighted by Crippen LogP contribution is 2.28. The molecule has 1 aliphatic carbocycles. The molecule has 1 fully saturated rings. The Balaban J connectivity index is 1.97. The van der Waals surface area contributed by atoms with Crippen LogP contribution in [0.5, 0.6) is 0 Å². The van der Waals surface area contributed by atoms with Crippen LogP contribution in [0.25, 0.3) is 0 Å². The van der Waals surface area contributed by atoms with Crippen LogP contribution in [-0.4, -0.2) is 28.9 Å². The number of nitrogens with one attached hydrogen (secondary N) is 1. The molecule has 1 amide bonds. The Morgan fingerprint density at radius 3 is 2.55 bits per heavy atom. The minimum atomic E-state index is -0.806. The predicted octanol–water partition coefficient (Wildman–Crippen LogP) is 2.71. The van der Waals surface area contributed by atoms with Crippen molar-refractivity contribution in [1.29, 1.82) is 5.26 Å². The zero-order valence-electron chi connectivity index (χ0n) is 13.7. The average Bonchev–Trinajstić information content (AvgIpc) is 3.32. The Morgan fingerprint density at radius 2 is 2.05 bits per heavy atom. The SMILES string of the molecule is CC(C)[C@](C)(C#N)NC(=O)CN(Cc1ccccc1)C1CC1. The monoisotopic (exact) mass is 299 g/mol. The van der Waals surface area contributed by atoms with Crippen LogP contribution in [0, 0.1) is 17.2 Å². The summed E-state index contributed by atoms with van der Waals surface area (Å²) >= 11 is 0. The highest BCUT2D eigenvalue weighted by molar-refractivity contribution is 5.79. The van der Waals surface area contributed by atoms with E-state index in [1.54, 1.807) is 6.92 Å². The van der Waals surface area contributed by atoms with Crippen molar-refractivity contribution in [2.45, 2.75) is 51.7 Å². The molecule has 2 rings (SSSR count). The number of carbonyl (C=O) groups excluding carboxylic acids is 1. The minimum absolute atomic E-state index is 0.0689. The lowest BCUT2D eigenvalue weighted by Crippen LogP contribution is -2.52. The van der Waals surface area contributed by atoms with Gasteiger partial charge in [-0.2, -0.15) is 5.26 Å². The second-order valence-corrected chi connectivity index (χ2v) is 6.64. The van der Waals surface area contributed by atoms with E-state index in [4.69, 9.17) is 0 Å². The number of hydrogen-bond acceptors (Lipinski definition) is 3. The van der Waals surface area contributed by atoms with Crippen molar-refractivity contribution in [3.63, 3.8) is 0 Å². The molecule has 0 saturated heterocycles. The lowest BCUT2D eigenvalue weighted by molar-refractivity contribution is -0.124. The number of benzene rings is 1. The van der Waals surface area contributed by atoms with E-state index < -0.39 is 5.54 Å². The van der Waals surface area contributed by atoms with Gasteiger partial charge >= 0.3 is 0 Å². The van der Waals surface area contributed by atoms with E-state index in [2.05, 4.69) is 28.4 Å². The summed E-state index contributed by atoms with van der Waals surface area (Å²) in [5, 5.41) is 12.2. The standard InChI is InChI=1S/C18H25N3O/c1-14(2)18(3,13-19)20-17(22)12-21(16-9-10-16)11-15-7-5-4-6-8-15/h4-8,14,16H,9-12H2,1-3H3,(H,20,22)/t18-/m0/s1. The first-order valence-corrected chi connectivity index (χ1v) is 7.95. The predicted molar refractivity (Wildman–Crippen MR) is 86.9 cm³/mol. The lowest BCUT2D eigenvalue weighted by Gasteiger charge is -2.29. The van der Waals surface area contributed by atoms with Crippen molar-refractivity contribution in [1.82, 2.24) is 10.2 Å². The molecule has 0 unspecified atom stereocenters. The smallest absolute Gasteiger partial charge is 0.235 e. The van der Waals surface area contributed by atoms with Crippen molar-refractivity contribution in [2.75, 3.05) is 6.54 Å². The summed E-state index contributed by atoms with van der Waals surface area (Å²) in [6.07, 6.45) is 2.31. The van der Waals surface area contributed by atoms with Gasteiger partial charge in [-0.15, -0.1) is 0 Å². The van der Waals surface area contributed by atoms with Crippen LogP contribution in [-0.2, 0) is 11.3 Å².